The summed E-state index contributed by atoms with van der Waals surface area (Å²) in [6.07, 6.45) is 4.73. The molecule has 0 aliphatic heterocycles. The summed E-state index contributed by atoms with van der Waals surface area (Å²) in [4.78, 5) is 44.0. The molecule has 11 nitrogen and oxygen atoms in total. The van der Waals surface area contributed by atoms with Gasteiger partial charge in [-0.15, -0.1) is 0 Å². The van der Waals surface area contributed by atoms with E-state index in [0.29, 0.717) is 22.2 Å². The van der Waals surface area contributed by atoms with E-state index >= 15 is 0 Å². The van der Waals surface area contributed by atoms with Crippen molar-refractivity contribution in [2.45, 2.75) is 32.9 Å². The molecule has 0 bridgehead atoms. The zero-order valence-electron chi connectivity index (χ0n) is 15.9. The van der Waals surface area contributed by atoms with Crippen molar-refractivity contribution in [2.75, 3.05) is 5.32 Å². The van der Waals surface area contributed by atoms with E-state index in [4.69, 9.17) is 4.74 Å². The van der Waals surface area contributed by atoms with Gasteiger partial charge in [0.15, 0.2) is 23.2 Å². The quantitative estimate of drug-likeness (QED) is 0.489. The maximum absolute atomic E-state index is 12.5. The minimum absolute atomic E-state index is 0.143. The van der Waals surface area contributed by atoms with Crippen LogP contribution in [-0.2, 0) is 9.53 Å². The Morgan fingerprint density at radius 3 is 2.76 bits per heavy atom. The lowest BCUT2D eigenvalue weighted by Gasteiger charge is -2.13. The third kappa shape index (κ3) is 3.49. The fourth-order valence-electron chi connectivity index (χ4n) is 2.79. The number of carbonyl (C=O) groups excluding carboxylic acids is 2. The van der Waals surface area contributed by atoms with E-state index in [2.05, 4.69) is 35.3 Å². The smallest absolute Gasteiger partial charge is 0.340 e. The first-order valence-corrected chi connectivity index (χ1v) is 8.93. The number of aromatic nitrogens is 7. The second kappa shape index (κ2) is 7.26. The molecule has 1 amide bonds. The Hall–Kier alpha value is -3.89. The highest BCUT2D eigenvalue weighted by atomic mass is 16.5. The first kappa shape index (κ1) is 18.5. The van der Waals surface area contributed by atoms with Gasteiger partial charge in [-0.05, 0) is 26.8 Å². The Balaban J connectivity index is 1.47. The summed E-state index contributed by atoms with van der Waals surface area (Å²) in [5, 5.41) is 7.59. The number of amides is 1. The number of nitrogens with one attached hydrogen (secondary N) is 2. The Kier molecular flexibility index (Phi) is 4.63. The van der Waals surface area contributed by atoms with Crippen LogP contribution in [0.4, 0.5) is 5.82 Å². The summed E-state index contributed by atoms with van der Waals surface area (Å²) < 4.78 is 7.04. The van der Waals surface area contributed by atoms with Crippen LogP contribution in [0.1, 0.15) is 37.2 Å². The molecule has 4 heterocycles. The highest BCUT2D eigenvalue weighted by Gasteiger charge is 2.21. The lowest BCUT2D eigenvalue weighted by Crippen LogP contribution is -2.30. The van der Waals surface area contributed by atoms with E-state index < -0.39 is 18.0 Å². The number of aromatic amines is 1. The van der Waals surface area contributed by atoms with E-state index in [9.17, 15) is 9.59 Å². The predicted molar refractivity (Wildman–Crippen MR) is 103 cm³/mol. The van der Waals surface area contributed by atoms with Gasteiger partial charge in [-0.3, -0.25) is 4.79 Å². The van der Waals surface area contributed by atoms with E-state index in [1.165, 1.54) is 25.8 Å². The number of H-pyrrole nitrogens is 1. The van der Waals surface area contributed by atoms with Crippen molar-refractivity contribution in [3.05, 3.63) is 36.7 Å². The number of nitrogens with zero attached hydrogens (tertiary/aromatic N) is 6. The maximum Gasteiger partial charge on any atom is 0.340 e. The van der Waals surface area contributed by atoms with Crippen LogP contribution in [0.25, 0.3) is 22.2 Å². The normalized spacial score (nSPS) is 12.4. The fourth-order valence-corrected chi connectivity index (χ4v) is 2.79. The monoisotopic (exact) mass is 394 g/mol. The number of carbonyl (C=O) groups is 2. The molecule has 0 saturated heterocycles. The molecular formula is C18H18N8O3. The first-order chi connectivity index (χ1) is 13.9. The van der Waals surface area contributed by atoms with Gasteiger partial charge in [-0.1, -0.05) is 0 Å². The third-order valence-corrected chi connectivity index (χ3v) is 4.28. The van der Waals surface area contributed by atoms with E-state index in [-0.39, 0.29) is 17.4 Å². The highest BCUT2D eigenvalue weighted by Crippen LogP contribution is 2.18. The molecule has 0 radical (unpaired) electrons. The van der Waals surface area contributed by atoms with Crippen molar-refractivity contribution in [1.29, 1.82) is 0 Å². The van der Waals surface area contributed by atoms with Crippen LogP contribution < -0.4 is 5.32 Å². The molecule has 0 saturated carbocycles. The average Bonchev–Trinajstić information content (AvgIpc) is 3.34. The van der Waals surface area contributed by atoms with Gasteiger partial charge in [0.05, 0.1) is 18.1 Å². The standard InChI is InChI=1S/C18H18N8O3/c1-9(2)26-16-11(6-24-26)4-12(5-19-16)18(28)29-10(3)17(27)25-15-13-14(21-7-20-13)22-8-23-15/h4-10H,1-3H3,(H2,20,21,22,23,25,27)/t10-/m0/s1. The molecule has 0 aliphatic carbocycles. The van der Waals surface area contributed by atoms with Crippen molar-refractivity contribution in [1.82, 2.24) is 34.7 Å². The molecule has 1 atom stereocenters. The molecule has 11 heteroatoms. The van der Waals surface area contributed by atoms with Gasteiger partial charge in [0, 0.05) is 17.6 Å². The van der Waals surface area contributed by atoms with Gasteiger partial charge in [0.2, 0.25) is 0 Å². The van der Waals surface area contributed by atoms with Crippen molar-refractivity contribution in [3.63, 3.8) is 0 Å². The van der Waals surface area contributed by atoms with Gasteiger partial charge < -0.3 is 15.0 Å². The van der Waals surface area contributed by atoms with Crippen LogP contribution in [0.3, 0.4) is 0 Å². The van der Waals surface area contributed by atoms with Crippen LogP contribution in [0.2, 0.25) is 0 Å². The van der Waals surface area contributed by atoms with Crippen molar-refractivity contribution in [2.24, 2.45) is 0 Å². The molecule has 4 aromatic heterocycles. The van der Waals surface area contributed by atoms with Crippen LogP contribution in [0, 0.1) is 0 Å². The molecular weight excluding hydrogens is 376 g/mol. The molecule has 0 aromatic carbocycles. The summed E-state index contributed by atoms with van der Waals surface area (Å²) in [5.41, 5.74) is 1.81. The zero-order valence-corrected chi connectivity index (χ0v) is 15.9. The largest absolute Gasteiger partial charge is 0.449 e. The van der Waals surface area contributed by atoms with Gasteiger partial charge in [0.1, 0.15) is 11.8 Å². The Morgan fingerprint density at radius 2 is 1.97 bits per heavy atom. The second-order valence-corrected chi connectivity index (χ2v) is 6.68. The number of fused-ring (bicyclic) bond motifs is 2. The molecule has 2 N–H and O–H groups in total. The van der Waals surface area contributed by atoms with Gasteiger partial charge in [-0.2, -0.15) is 5.10 Å². The fraction of sp³-hybridized carbons (Fsp3) is 0.278. The van der Waals surface area contributed by atoms with Gasteiger partial charge >= 0.3 is 5.97 Å². The number of hydrogen-bond acceptors (Lipinski definition) is 8. The molecule has 0 fully saturated rings. The molecule has 0 unspecified atom stereocenters. The maximum atomic E-state index is 12.5. The van der Waals surface area contributed by atoms with Crippen LogP contribution >= 0.6 is 0 Å². The zero-order chi connectivity index (χ0) is 20.5. The average molecular weight is 394 g/mol. The number of pyridine rings is 1. The molecule has 148 valence electrons. The minimum atomic E-state index is -1.05. The van der Waals surface area contributed by atoms with Crippen molar-refractivity contribution < 1.29 is 14.3 Å². The Morgan fingerprint density at radius 1 is 1.14 bits per heavy atom. The molecule has 4 rings (SSSR count). The number of esters is 1. The second-order valence-electron chi connectivity index (χ2n) is 6.68. The topological polar surface area (TPSA) is 141 Å². The summed E-state index contributed by atoms with van der Waals surface area (Å²) in [5.74, 6) is -0.937. The number of hydrogen-bond donors (Lipinski definition) is 2. The summed E-state index contributed by atoms with van der Waals surface area (Å²) in [6, 6.07) is 1.78. The van der Waals surface area contributed by atoms with E-state index in [1.54, 1.807) is 16.9 Å². The highest BCUT2D eigenvalue weighted by molar-refractivity contribution is 6.00. The van der Waals surface area contributed by atoms with E-state index in [0.717, 1.165) is 0 Å². The molecule has 29 heavy (non-hydrogen) atoms. The lowest BCUT2D eigenvalue weighted by molar-refractivity contribution is -0.123. The van der Waals surface area contributed by atoms with Crippen molar-refractivity contribution in [3.8, 4) is 0 Å². The van der Waals surface area contributed by atoms with Crippen LogP contribution in [0.5, 0.6) is 0 Å². The van der Waals surface area contributed by atoms with E-state index in [1.807, 2.05) is 13.8 Å². The SMILES string of the molecule is CC(C)n1ncc2cc(C(=O)O[C@@H](C)C(=O)Nc3ncnc4nc[nH]c34)cnc21. The van der Waals surface area contributed by atoms with Gasteiger partial charge in [0.25, 0.3) is 5.91 Å². The summed E-state index contributed by atoms with van der Waals surface area (Å²) >= 11 is 0. The molecule has 0 aliphatic rings. The number of imidazole rings is 1. The summed E-state index contributed by atoms with van der Waals surface area (Å²) in [7, 11) is 0. The first-order valence-electron chi connectivity index (χ1n) is 8.93. The third-order valence-electron chi connectivity index (χ3n) is 4.28. The number of anilines is 1. The van der Waals surface area contributed by atoms with Crippen LogP contribution in [-0.4, -0.2) is 52.7 Å². The number of ether oxygens (including phenoxy) is 1. The van der Waals surface area contributed by atoms with Crippen molar-refractivity contribution >= 4 is 39.9 Å². The predicted octanol–water partition coefficient (Wildman–Crippen LogP) is 1.86. The van der Waals surface area contributed by atoms with Gasteiger partial charge in [-0.25, -0.2) is 29.4 Å². The Labute approximate surface area is 164 Å². The lowest BCUT2D eigenvalue weighted by atomic mass is 10.2. The minimum Gasteiger partial charge on any atom is -0.449 e. The molecule has 4 aromatic rings. The summed E-state index contributed by atoms with van der Waals surface area (Å²) in [6.45, 7) is 5.46. The Bertz CT molecular complexity index is 1210. The van der Waals surface area contributed by atoms with Crippen LogP contribution in [0.15, 0.2) is 31.1 Å². The number of rotatable bonds is 5. The molecule has 0 spiro atoms.